The van der Waals surface area contributed by atoms with Crippen molar-refractivity contribution in [1.82, 2.24) is 24.8 Å². The molecule has 0 unspecified atom stereocenters. The van der Waals surface area contributed by atoms with Gasteiger partial charge in [-0.05, 0) is 48.9 Å². The van der Waals surface area contributed by atoms with Gasteiger partial charge in [-0.15, -0.1) is 5.10 Å². The average Bonchev–Trinajstić information content (AvgIpc) is 3.25. The van der Waals surface area contributed by atoms with Crippen LogP contribution in [0.5, 0.6) is 0 Å². The number of hydrogen-bond acceptors (Lipinski definition) is 3. The summed E-state index contributed by atoms with van der Waals surface area (Å²) in [7, 11) is 0. The Kier molecular flexibility index (Phi) is 4.23. The second-order valence-electron chi connectivity index (χ2n) is 7.50. The van der Waals surface area contributed by atoms with E-state index in [2.05, 4.69) is 15.5 Å². The number of benzene rings is 2. The van der Waals surface area contributed by atoms with Gasteiger partial charge < -0.3 is 4.57 Å². The van der Waals surface area contributed by atoms with Gasteiger partial charge in [0, 0.05) is 18.1 Å². The van der Waals surface area contributed by atoms with Crippen LogP contribution in [0.15, 0.2) is 48.7 Å². The highest BCUT2D eigenvalue weighted by atomic mass is 35.5. The molecule has 0 aliphatic carbocycles. The molecule has 0 saturated carbocycles. The molecule has 4 aromatic rings. The Morgan fingerprint density at radius 2 is 1.85 bits per heavy atom. The highest BCUT2D eigenvalue weighted by Crippen LogP contribution is 2.36. The molecule has 0 spiro atoms. The zero-order valence-corrected chi connectivity index (χ0v) is 16.1. The van der Waals surface area contributed by atoms with Gasteiger partial charge in [-0.3, -0.25) is 0 Å². The minimum absolute atomic E-state index is 0.0541. The zero-order chi connectivity index (χ0) is 19.2. The molecule has 27 heavy (non-hydrogen) atoms. The molecular weight excluding hydrogens is 365 g/mol. The third kappa shape index (κ3) is 3.10. The summed E-state index contributed by atoms with van der Waals surface area (Å²) in [6.45, 7) is 6.51. The van der Waals surface area contributed by atoms with Crippen molar-refractivity contribution in [1.29, 1.82) is 0 Å². The molecule has 0 aliphatic heterocycles. The highest BCUT2D eigenvalue weighted by molar-refractivity contribution is 6.32. The lowest BCUT2D eigenvalue weighted by Gasteiger charge is -2.21. The van der Waals surface area contributed by atoms with Crippen LogP contribution in [0.2, 0.25) is 5.02 Å². The Hall–Kier alpha value is -2.73. The fraction of sp³-hybridized carbons (Fsp3) is 0.250. The molecule has 4 rings (SSSR count). The fourth-order valence-corrected chi connectivity index (χ4v) is 3.44. The van der Waals surface area contributed by atoms with Crippen LogP contribution in [0.3, 0.4) is 0 Å². The van der Waals surface area contributed by atoms with Crippen molar-refractivity contribution in [3.8, 4) is 11.4 Å². The lowest BCUT2D eigenvalue weighted by molar-refractivity contribution is 0.350. The summed E-state index contributed by atoms with van der Waals surface area (Å²) >= 11 is 6.18. The Labute approximate surface area is 161 Å². The predicted molar refractivity (Wildman–Crippen MR) is 104 cm³/mol. The third-order valence-electron chi connectivity index (χ3n) is 4.47. The Morgan fingerprint density at radius 1 is 1.11 bits per heavy atom. The minimum atomic E-state index is -0.516. The second kappa shape index (κ2) is 6.46. The van der Waals surface area contributed by atoms with Crippen LogP contribution in [0.25, 0.3) is 22.3 Å². The van der Waals surface area contributed by atoms with Crippen LogP contribution >= 0.6 is 11.6 Å². The first-order valence-corrected chi connectivity index (χ1v) is 9.04. The Balaban J connectivity index is 1.98. The van der Waals surface area contributed by atoms with E-state index in [4.69, 9.17) is 11.6 Å². The number of tetrazole rings is 1. The maximum Gasteiger partial charge on any atom is 0.187 e. The number of halogens is 2. The van der Waals surface area contributed by atoms with Crippen molar-refractivity contribution in [2.24, 2.45) is 0 Å². The van der Waals surface area contributed by atoms with Gasteiger partial charge in [0.05, 0.1) is 21.6 Å². The number of nitrogens with zero attached hydrogens (tertiary/aromatic N) is 5. The smallest absolute Gasteiger partial charge is 0.187 e. The molecule has 5 nitrogen and oxygen atoms in total. The monoisotopic (exact) mass is 383 g/mol. The molecule has 138 valence electrons. The molecule has 2 aromatic heterocycles. The molecule has 0 fully saturated rings. The molecular formula is C20H19ClFN5. The maximum atomic E-state index is 15.2. The lowest BCUT2D eigenvalue weighted by Crippen LogP contribution is -2.24. The molecule has 0 bridgehead atoms. The third-order valence-corrected chi connectivity index (χ3v) is 4.74. The van der Waals surface area contributed by atoms with Crippen LogP contribution in [0.1, 0.15) is 26.3 Å². The van der Waals surface area contributed by atoms with E-state index in [0.29, 0.717) is 17.9 Å². The SMILES string of the molecule is CC(C)(C)n1nnnc1-c1c(F)c(Cl)cc2ccn(Cc3ccccc3)c12. The van der Waals surface area contributed by atoms with Crippen LogP contribution in [0.4, 0.5) is 4.39 Å². The van der Waals surface area contributed by atoms with Gasteiger partial charge in [0.25, 0.3) is 0 Å². The van der Waals surface area contributed by atoms with Crippen molar-refractivity contribution in [3.63, 3.8) is 0 Å². The predicted octanol–water partition coefficient (Wildman–Crippen LogP) is 4.89. The van der Waals surface area contributed by atoms with Gasteiger partial charge in [0.1, 0.15) is 0 Å². The van der Waals surface area contributed by atoms with E-state index in [1.165, 1.54) is 0 Å². The van der Waals surface area contributed by atoms with Gasteiger partial charge in [-0.2, -0.15) is 0 Å². The van der Waals surface area contributed by atoms with Crippen molar-refractivity contribution in [2.45, 2.75) is 32.9 Å². The van der Waals surface area contributed by atoms with Crippen LogP contribution in [-0.4, -0.2) is 24.8 Å². The first-order valence-electron chi connectivity index (χ1n) is 8.66. The van der Waals surface area contributed by atoms with E-state index >= 15 is 4.39 Å². The summed E-state index contributed by atoms with van der Waals surface area (Å²) in [4.78, 5) is 0. The van der Waals surface area contributed by atoms with E-state index in [-0.39, 0.29) is 5.02 Å². The zero-order valence-electron chi connectivity index (χ0n) is 15.3. The summed E-state index contributed by atoms with van der Waals surface area (Å²) in [6.07, 6.45) is 1.93. The molecule has 0 N–H and O–H groups in total. The van der Waals surface area contributed by atoms with Gasteiger partial charge >= 0.3 is 0 Å². The van der Waals surface area contributed by atoms with Crippen molar-refractivity contribution in [2.75, 3.05) is 0 Å². The molecule has 7 heteroatoms. The van der Waals surface area contributed by atoms with Crippen molar-refractivity contribution < 1.29 is 4.39 Å². The molecule has 2 heterocycles. The summed E-state index contributed by atoms with van der Waals surface area (Å²) in [5.41, 5.74) is 1.75. The second-order valence-corrected chi connectivity index (χ2v) is 7.91. The first-order chi connectivity index (χ1) is 12.9. The fourth-order valence-electron chi connectivity index (χ4n) is 3.23. The quantitative estimate of drug-likeness (QED) is 0.506. The molecule has 0 saturated heterocycles. The number of rotatable bonds is 3. The molecule has 0 aliphatic rings. The van der Waals surface area contributed by atoms with Gasteiger partial charge in [0.2, 0.25) is 0 Å². The van der Waals surface area contributed by atoms with Crippen molar-refractivity contribution >= 4 is 22.5 Å². The summed E-state index contributed by atoms with van der Waals surface area (Å²) in [6, 6.07) is 13.6. The van der Waals surface area contributed by atoms with E-state index < -0.39 is 11.4 Å². The number of aromatic nitrogens is 5. The normalized spacial score (nSPS) is 12.0. The van der Waals surface area contributed by atoms with E-state index in [9.17, 15) is 0 Å². The molecule has 0 atom stereocenters. The standard InChI is InChI=1S/C20H19ClFN5/c1-20(2,3)27-19(23-24-25-27)16-17(22)15(21)11-14-9-10-26(18(14)16)12-13-7-5-4-6-8-13/h4-11H,12H2,1-3H3. The molecule has 0 radical (unpaired) electrons. The average molecular weight is 384 g/mol. The Morgan fingerprint density at radius 3 is 2.56 bits per heavy atom. The maximum absolute atomic E-state index is 15.2. The number of fused-ring (bicyclic) bond motifs is 1. The minimum Gasteiger partial charge on any atom is -0.342 e. The highest BCUT2D eigenvalue weighted by Gasteiger charge is 2.27. The summed E-state index contributed by atoms with van der Waals surface area (Å²) in [5.74, 6) is -0.155. The van der Waals surface area contributed by atoms with E-state index in [1.807, 2.05) is 67.9 Å². The van der Waals surface area contributed by atoms with E-state index in [0.717, 1.165) is 16.5 Å². The molecule has 0 amide bonds. The Bertz CT molecular complexity index is 1110. The summed E-state index contributed by atoms with van der Waals surface area (Å²) in [5, 5.41) is 12.9. The topological polar surface area (TPSA) is 48.5 Å². The van der Waals surface area contributed by atoms with Crippen LogP contribution in [-0.2, 0) is 12.1 Å². The largest absolute Gasteiger partial charge is 0.342 e. The van der Waals surface area contributed by atoms with Crippen LogP contribution < -0.4 is 0 Å². The lowest BCUT2D eigenvalue weighted by atomic mass is 10.1. The van der Waals surface area contributed by atoms with Gasteiger partial charge in [-0.25, -0.2) is 9.07 Å². The molecule has 2 aromatic carbocycles. The number of hydrogen-bond donors (Lipinski definition) is 0. The summed E-state index contributed by atoms with van der Waals surface area (Å²) < 4.78 is 18.8. The van der Waals surface area contributed by atoms with E-state index in [1.54, 1.807) is 10.7 Å². The van der Waals surface area contributed by atoms with Crippen LogP contribution in [0, 0.1) is 5.82 Å². The van der Waals surface area contributed by atoms with Gasteiger partial charge in [0.15, 0.2) is 11.6 Å². The first kappa shape index (κ1) is 17.7. The van der Waals surface area contributed by atoms with Crippen molar-refractivity contribution in [3.05, 3.63) is 65.1 Å². The van der Waals surface area contributed by atoms with Gasteiger partial charge in [-0.1, -0.05) is 41.9 Å².